The van der Waals surface area contributed by atoms with Crippen molar-refractivity contribution < 1.29 is 24.2 Å². The Bertz CT molecular complexity index is 560. The molecule has 0 spiro atoms. The van der Waals surface area contributed by atoms with Crippen LogP contribution in [0.2, 0.25) is 0 Å². The van der Waals surface area contributed by atoms with Crippen LogP contribution in [0, 0.1) is 5.41 Å². The van der Waals surface area contributed by atoms with Crippen molar-refractivity contribution in [2.75, 3.05) is 20.8 Å². The fourth-order valence-corrected chi connectivity index (χ4v) is 1.91. The minimum absolute atomic E-state index is 0.0407. The fourth-order valence-electron chi connectivity index (χ4n) is 1.91. The molecule has 1 aromatic carbocycles. The molecule has 1 amide bonds. The van der Waals surface area contributed by atoms with Gasteiger partial charge >= 0.3 is 5.97 Å². The number of amides is 1. The van der Waals surface area contributed by atoms with Crippen LogP contribution >= 0.6 is 0 Å². The molecule has 0 aliphatic heterocycles. The third kappa shape index (κ3) is 4.38. The maximum Gasteiger partial charge on any atom is 0.339 e. The van der Waals surface area contributed by atoms with E-state index in [0.29, 0.717) is 18.7 Å². The Morgan fingerprint density at radius 2 is 1.82 bits per heavy atom. The van der Waals surface area contributed by atoms with Crippen molar-refractivity contribution in [2.24, 2.45) is 5.41 Å². The SMILES string of the molecule is COc1cc(CCNC(=O)C(C)(C)C)cc(C(=O)O)c1OC. The van der Waals surface area contributed by atoms with Crippen LogP contribution < -0.4 is 14.8 Å². The summed E-state index contributed by atoms with van der Waals surface area (Å²) in [5, 5.41) is 12.1. The van der Waals surface area contributed by atoms with Gasteiger partial charge in [-0.1, -0.05) is 20.8 Å². The molecular formula is C16H23NO5. The number of aromatic carboxylic acids is 1. The Morgan fingerprint density at radius 1 is 1.18 bits per heavy atom. The van der Waals surface area contributed by atoms with Gasteiger partial charge in [0.1, 0.15) is 5.56 Å². The van der Waals surface area contributed by atoms with E-state index >= 15 is 0 Å². The molecule has 1 rings (SSSR count). The van der Waals surface area contributed by atoms with Crippen LogP contribution in [0.1, 0.15) is 36.7 Å². The van der Waals surface area contributed by atoms with Gasteiger partial charge in [-0.05, 0) is 24.1 Å². The van der Waals surface area contributed by atoms with E-state index < -0.39 is 11.4 Å². The molecule has 6 heteroatoms. The summed E-state index contributed by atoms with van der Waals surface area (Å²) >= 11 is 0. The molecule has 0 aliphatic rings. The Morgan fingerprint density at radius 3 is 2.27 bits per heavy atom. The monoisotopic (exact) mass is 309 g/mol. The molecule has 122 valence electrons. The minimum atomic E-state index is -1.09. The second kappa shape index (κ2) is 7.15. The number of benzene rings is 1. The maximum atomic E-state index is 11.8. The molecule has 0 fully saturated rings. The van der Waals surface area contributed by atoms with Crippen LogP contribution in [0.5, 0.6) is 11.5 Å². The van der Waals surface area contributed by atoms with Gasteiger partial charge < -0.3 is 19.9 Å². The number of nitrogens with one attached hydrogen (secondary N) is 1. The second-order valence-electron chi connectivity index (χ2n) is 5.94. The molecule has 0 heterocycles. The highest BCUT2D eigenvalue weighted by Crippen LogP contribution is 2.32. The van der Waals surface area contributed by atoms with Crippen LogP contribution in [-0.2, 0) is 11.2 Å². The van der Waals surface area contributed by atoms with Crippen molar-refractivity contribution in [1.82, 2.24) is 5.32 Å². The van der Waals surface area contributed by atoms with Gasteiger partial charge in [-0.25, -0.2) is 4.79 Å². The number of hydrogen-bond donors (Lipinski definition) is 2. The topological polar surface area (TPSA) is 84.9 Å². The average molecular weight is 309 g/mol. The molecule has 0 saturated carbocycles. The molecule has 0 saturated heterocycles. The van der Waals surface area contributed by atoms with Crippen LogP contribution in [0.3, 0.4) is 0 Å². The highest BCUT2D eigenvalue weighted by Gasteiger charge is 2.21. The summed E-state index contributed by atoms with van der Waals surface area (Å²) in [4.78, 5) is 23.1. The number of ether oxygens (including phenoxy) is 2. The average Bonchev–Trinajstić information content (AvgIpc) is 2.44. The Balaban J connectivity index is 2.90. The third-order valence-electron chi connectivity index (χ3n) is 3.15. The standard InChI is InChI=1S/C16H23NO5/c1-16(2,3)15(20)17-7-6-10-8-11(14(18)19)13(22-5)12(9-10)21-4/h8-9H,6-7H2,1-5H3,(H,17,20)(H,18,19). The lowest BCUT2D eigenvalue weighted by atomic mass is 9.95. The van der Waals surface area contributed by atoms with Crippen molar-refractivity contribution in [3.8, 4) is 11.5 Å². The summed E-state index contributed by atoms with van der Waals surface area (Å²) < 4.78 is 10.3. The van der Waals surface area contributed by atoms with E-state index in [9.17, 15) is 14.7 Å². The number of carboxylic acid groups (broad SMARTS) is 1. The zero-order valence-electron chi connectivity index (χ0n) is 13.6. The first-order valence-corrected chi connectivity index (χ1v) is 6.97. The molecule has 0 bridgehead atoms. The molecule has 2 N–H and O–H groups in total. The van der Waals surface area contributed by atoms with E-state index in [1.807, 2.05) is 20.8 Å². The maximum absolute atomic E-state index is 11.8. The van der Waals surface area contributed by atoms with Crippen molar-refractivity contribution >= 4 is 11.9 Å². The zero-order valence-corrected chi connectivity index (χ0v) is 13.6. The van der Waals surface area contributed by atoms with E-state index in [1.165, 1.54) is 20.3 Å². The van der Waals surface area contributed by atoms with Gasteiger partial charge in [0.2, 0.25) is 5.91 Å². The van der Waals surface area contributed by atoms with E-state index in [4.69, 9.17) is 9.47 Å². The molecule has 1 aromatic rings. The molecule has 0 aliphatic carbocycles. The quantitative estimate of drug-likeness (QED) is 0.840. The van der Waals surface area contributed by atoms with E-state index in [0.717, 1.165) is 5.56 Å². The lowest BCUT2D eigenvalue weighted by Crippen LogP contribution is -2.35. The fraction of sp³-hybridized carbons (Fsp3) is 0.500. The van der Waals surface area contributed by atoms with Crippen molar-refractivity contribution in [3.63, 3.8) is 0 Å². The van der Waals surface area contributed by atoms with Gasteiger partial charge in [-0.15, -0.1) is 0 Å². The Kier molecular flexibility index (Phi) is 5.79. The number of carbonyl (C=O) groups is 2. The number of carbonyl (C=O) groups excluding carboxylic acids is 1. The molecule has 0 aromatic heterocycles. The first-order chi connectivity index (χ1) is 10.2. The lowest BCUT2D eigenvalue weighted by Gasteiger charge is -2.18. The first kappa shape index (κ1) is 17.8. The van der Waals surface area contributed by atoms with Crippen molar-refractivity contribution in [2.45, 2.75) is 27.2 Å². The Hall–Kier alpha value is -2.24. The highest BCUT2D eigenvalue weighted by atomic mass is 16.5. The molecule has 0 atom stereocenters. The number of rotatable bonds is 6. The van der Waals surface area contributed by atoms with Gasteiger partial charge in [-0.3, -0.25) is 4.79 Å². The predicted octanol–water partition coefficient (Wildman–Crippen LogP) is 2.11. The lowest BCUT2D eigenvalue weighted by molar-refractivity contribution is -0.128. The largest absolute Gasteiger partial charge is 0.493 e. The molecular weight excluding hydrogens is 286 g/mol. The number of methoxy groups -OCH3 is 2. The highest BCUT2D eigenvalue weighted by molar-refractivity contribution is 5.92. The van der Waals surface area contributed by atoms with Crippen LogP contribution in [0.4, 0.5) is 0 Å². The summed E-state index contributed by atoms with van der Waals surface area (Å²) in [6.45, 7) is 5.93. The van der Waals surface area contributed by atoms with Crippen molar-refractivity contribution in [3.05, 3.63) is 23.3 Å². The van der Waals surface area contributed by atoms with Crippen molar-refractivity contribution in [1.29, 1.82) is 0 Å². The summed E-state index contributed by atoms with van der Waals surface area (Å²) in [5.74, 6) is -0.584. The smallest absolute Gasteiger partial charge is 0.339 e. The van der Waals surface area contributed by atoms with E-state index in [-0.39, 0.29) is 17.2 Å². The molecule has 0 unspecified atom stereocenters. The molecule has 22 heavy (non-hydrogen) atoms. The van der Waals surface area contributed by atoms with Gasteiger partial charge in [0.05, 0.1) is 14.2 Å². The second-order valence-corrected chi connectivity index (χ2v) is 5.94. The van der Waals surface area contributed by atoms with Crippen LogP contribution in [-0.4, -0.2) is 37.7 Å². The normalized spacial score (nSPS) is 11.0. The van der Waals surface area contributed by atoms with Gasteiger partial charge in [0, 0.05) is 12.0 Å². The summed E-state index contributed by atoms with van der Waals surface area (Å²) in [6, 6.07) is 3.25. The van der Waals surface area contributed by atoms with Crippen LogP contribution in [0.15, 0.2) is 12.1 Å². The molecule has 6 nitrogen and oxygen atoms in total. The van der Waals surface area contributed by atoms with E-state index in [2.05, 4.69) is 5.32 Å². The Labute approximate surface area is 130 Å². The summed E-state index contributed by atoms with van der Waals surface area (Å²) in [7, 11) is 2.85. The predicted molar refractivity (Wildman–Crippen MR) is 82.7 cm³/mol. The molecule has 0 radical (unpaired) electrons. The summed E-state index contributed by atoms with van der Waals surface area (Å²) in [6.07, 6.45) is 0.502. The van der Waals surface area contributed by atoms with Gasteiger partial charge in [-0.2, -0.15) is 0 Å². The van der Waals surface area contributed by atoms with Gasteiger partial charge in [0.15, 0.2) is 11.5 Å². The number of carboxylic acids is 1. The zero-order chi connectivity index (χ0) is 16.9. The summed E-state index contributed by atoms with van der Waals surface area (Å²) in [5.41, 5.74) is 0.340. The van der Waals surface area contributed by atoms with E-state index in [1.54, 1.807) is 6.07 Å². The third-order valence-corrected chi connectivity index (χ3v) is 3.15. The number of hydrogen-bond acceptors (Lipinski definition) is 4. The van der Waals surface area contributed by atoms with Crippen LogP contribution in [0.25, 0.3) is 0 Å². The van der Waals surface area contributed by atoms with Gasteiger partial charge in [0.25, 0.3) is 0 Å². The first-order valence-electron chi connectivity index (χ1n) is 6.97. The minimum Gasteiger partial charge on any atom is -0.493 e.